The smallest absolute Gasteiger partial charge is 0.324 e. The Balaban J connectivity index is 1.95. The van der Waals surface area contributed by atoms with Gasteiger partial charge in [-0.1, -0.05) is 5.16 Å². The Morgan fingerprint density at radius 3 is 2.69 bits per heavy atom. The zero-order valence-electron chi connectivity index (χ0n) is 8.60. The highest BCUT2D eigenvalue weighted by molar-refractivity contribution is 5.98. The first-order valence-corrected chi connectivity index (χ1v) is 4.65. The summed E-state index contributed by atoms with van der Waals surface area (Å²) in [6, 6.07) is 4.63. The molecule has 0 bridgehead atoms. The molecule has 82 valence electrons. The molecule has 2 aromatic rings. The number of rotatable bonds is 2. The normalized spacial score (nSPS) is 9.81. The average molecular weight is 218 g/mol. The van der Waals surface area contributed by atoms with Crippen LogP contribution in [0.1, 0.15) is 5.76 Å². The number of nitrogens with one attached hydrogen (secondary N) is 2. The Morgan fingerprint density at radius 1 is 1.31 bits per heavy atom. The second kappa shape index (κ2) is 4.43. The quantitative estimate of drug-likeness (QED) is 0.808. The Bertz CT molecular complexity index is 481. The van der Waals surface area contributed by atoms with Crippen LogP contribution in [0, 0.1) is 6.92 Å². The molecule has 0 saturated carbocycles. The minimum atomic E-state index is -0.375. The number of pyridine rings is 1. The highest BCUT2D eigenvalue weighted by Gasteiger charge is 2.05. The lowest BCUT2D eigenvalue weighted by molar-refractivity contribution is 0.262. The molecule has 0 fully saturated rings. The molecular formula is C10H10N4O2. The summed E-state index contributed by atoms with van der Waals surface area (Å²) < 4.78 is 4.81. The third kappa shape index (κ3) is 2.57. The summed E-state index contributed by atoms with van der Waals surface area (Å²) in [7, 11) is 0. The summed E-state index contributed by atoms with van der Waals surface area (Å²) in [6.45, 7) is 1.75. The van der Waals surface area contributed by atoms with E-state index in [0.29, 0.717) is 17.3 Å². The lowest BCUT2D eigenvalue weighted by Crippen LogP contribution is -2.19. The minimum absolute atomic E-state index is 0.375. The van der Waals surface area contributed by atoms with E-state index in [0.717, 1.165) is 0 Å². The van der Waals surface area contributed by atoms with Crippen LogP contribution in [0.3, 0.4) is 0 Å². The summed E-state index contributed by atoms with van der Waals surface area (Å²) in [5.74, 6) is 1.02. The summed E-state index contributed by atoms with van der Waals surface area (Å²) in [5, 5.41) is 8.80. The minimum Gasteiger partial charge on any atom is -0.360 e. The predicted octanol–water partition coefficient (Wildman–Crippen LogP) is 2.02. The van der Waals surface area contributed by atoms with Crippen molar-refractivity contribution in [3.63, 3.8) is 0 Å². The number of amides is 2. The van der Waals surface area contributed by atoms with Crippen LogP contribution < -0.4 is 10.6 Å². The van der Waals surface area contributed by atoms with Gasteiger partial charge in [0.15, 0.2) is 5.82 Å². The van der Waals surface area contributed by atoms with Crippen molar-refractivity contribution in [2.45, 2.75) is 6.92 Å². The van der Waals surface area contributed by atoms with Crippen molar-refractivity contribution in [2.24, 2.45) is 0 Å². The number of anilines is 2. The fourth-order valence-corrected chi connectivity index (χ4v) is 1.14. The average Bonchev–Trinajstić information content (AvgIpc) is 2.65. The monoisotopic (exact) mass is 218 g/mol. The topological polar surface area (TPSA) is 80.0 Å². The van der Waals surface area contributed by atoms with Gasteiger partial charge in [-0.3, -0.25) is 10.3 Å². The van der Waals surface area contributed by atoms with Gasteiger partial charge >= 0.3 is 6.03 Å². The zero-order chi connectivity index (χ0) is 11.4. The summed E-state index contributed by atoms with van der Waals surface area (Å²) in [6.07, 6.45) is 3.19. The molecule has 16 heavy (non-hydrogen) atoms. The number of aryl methyl sites for hydroxylation is 1. The maximum Gasteiger partial charge on any atom is 0.324 e. The number of hydrogen-bond donors (Lipinski definition) is 2. The molecule has 0 unspecified atom stereocenters. The maximum atomic E-state index is 11.5. The van der Waals surface area contributed by atoms with Gasteiger partial charge in [0.25, 0.3) is 0 Å². The third-order valence-electron chi connectivity index (χ3n) is 1.81. The molecule has 2 rings (SSSR count). The molecule has 0 atom stereocenters. The van der Waals surface area contributed by atoms with E-state index in [4.69, 9.17) is 4.52 Å². The molecular weight excluding hydrogens is 208 g/mol. The van der Waals surface area contributed by atoms with Crippen molar-refractivity contribution in [1.82, 2.24) is 10.1 Å². The fourth-order valence-electron chi connectivity index (χ4n) is 1.14. The summed E-state index contributed by atoms with van der Waals surface area (Å²) in [5.41, 5.74) is 0.660. The first-order valence-electron chi connectivity index (χ1n) is 4.65. The number of urea groups is 1. The van der Waals surface area contributed by atoms with E-state index in [1.165, 1.54) is 0 Å². The van der Waals surface area contributed by atoms with Crippen molar-refractivity contribution >= 4 is 17.5 Å². The van der Waals surface area contributed by atoms with Gasteiger partial charge in [0, 0.05) is 24.1 Å². The summed E-state index contributed by atoms with van der Waals surface area (Å²) >= 11 is 0. The van der Waals surface area contributed by atoms with Crippen molar-refractivity contribution in [3.05, 3.63) is 36.4 Å². The van der Waals surface area contributed by atoms with E-state index >= 15 is 0 Å². The van der Waals surface area contributed by atoms with Gasteiger partial charge < -0.3 is 9.84 Å². The highest BCUT2D eigenvalue weighted by atomic mass is 16.5. The Morgan fingerprint density at radius 2 is 2.06 bits per heavy atom. The van der Waals surface area contributed by atoms with Crippen LogP contribution in [0.15, 0.2) is 35.1 Å². The lowest BCUT2D eigenvalue weighted by Gasteiger charge is -2.03. The number of nitrogens with zero attached hydrogens (tertiary/aromatic N) is 2. The molecule has 0 saturated heterocycles. The second-order valence-electron chi connectivity index (χ2n) is 3.14. The van der Waals surface area contributed by atoms with Gasteiger partial charge in [0.1, 0.15) is 5.76 Å². The number of hydrogen-bond acceptors (Lipinski definition) is 4. The molecule has 0 aliphatic rings. The molecule has 0 spiro atoms. The Kier molecular flexibility index (Phi) is 2.81. The number of aromatic nitrogens is 2. The standard InChI is InChI=1S/C10H10N4O2/c1-7-6-9(14-16-7)13-10(15)12-8-2-4-11-5-3-8/h2-6H,1H3,(H2,11,12,13,14,15). The number of carbonyl (C=O) groups excluding carboxylic acids is 1. The second-order valence-corrected chi connectivity index (χ2v) is 3.14. The van der Waals surface area contributed by atoms with E-state index in [1.807, 2.05) is 0 Å². The Hall–Kier alpha value is -2.37. The molecule has 2 heterocycles. The fraction of sp³-hybridized carbons (Fsp3) is 0.100. The SMILES string of the molecule is Cc1cc(NC(=O)Nc2ccncc2)no1. The van der Waals surface area contributed by atoms with E-state index < -0.39 is 0 Å². The van der Waals surface area contributed by atoms with Gasteiger partial charge in [-0.2, -0.15) is 0 Å². The molecule has 2 N–H and O–H groups in total. The summed E-state index contributed by atoms with van der Waals surface area (Å²) in [4.78, 5) is 15.3. The van der Waals surface area contributed by atoms with E-state index in [-0.39, 0.29) is 6.03 Å². The van der Waals surface area contributed by atoms with Crippen LogP contribution in [0.5, 0.6) is 0 Å². The first-order chi connectivity index (χ1) is 7.74. The van der Waals surface area contributed by atoms with Crippen molar-refractivity contribution in [1.29, 1.82) is 0 Å². The van der Waals surface area contributed by atoms with Crippen LogP contribution in [0.2, 0.25) is 0 Å². The van der Waals surface area contributed by atoms with Crippen LogP contribution in [-0.2, 0) is 0 Å². The molecule has 2 aromatic heterocycles. The largest absolute Gasteiger partial charge is 0.360 e. The van der Waals surface area contributed by atoms with Crippen molar-refractivity contribution in [2.75, 3.05) is 10.6 Å². The predicted molar refractivity (Wildman–Crippen MR) is 58.1 cm³/mol. The first kappa shape index (κ1) is 10.2. The molecule has 2 amide bonds. The Labute approximate surface area is 91.7 Å². The van der Waals surface area contributed by atoms with Gasteiger partial charge in [0.2, 0.25) is 0 Å². The van der Waals surface area contributed by atoms with E-state index in [2.05, 4.69) is 20.8 Å². The number of carbonyl (C=O) groups is 1. The van der Waals surface area contributed by atoms with Crippen LogP contribution in [0.4, 0.5) is 16.3 Å². The molecule has 0 aliphatic heterocycles. The molecule has 6 heteroatoms. The van der Waals surface area contributed by atoms with E-state index in [9.17, 15) is 4.79 Å². The van der Waals surface area contributed by atoms with Crippen molar-refractivity contribution < 1.29 is 9.32 Å². The maximum absolute atomic E-state index is 11.5. The van der Waals surface area contributed by atoms with E-state index in [1.54, 1.807) is 37.5 Å². The van der Waals surface area contributed by atoms with Crippen molar-refractivity contribution in [3.8, 4) is 0 Å². The molecule has 0 aromatic carbocycles. The van der Waals surface area contributed by atoms with Crippen LogP contribution >= 0.6 is 0 Å². The molecule has 6 nitrogen and oxygen atoms in total. The van der Waals surface area contributed by atoms with Crippen LogP contribution in [0.25, 0.3) is 0 Å². The van der Waals surface area contributed by atoms with Gasteiger partial charge in [0.05, 0.1) is 0 Å². The zero-order valence-corrected chi connectivity index (χ0v) is 8.60. The van der Waals surface area contributed by atoms with Gasteiger partial charge in [-0.15, -0.1) is 0 Å². The lowest BCUT2D eigenvalue weighted by atomic mass is 10.4. The van der Waals surface area contributed by atoms with Gasteiger partial charge in [-0.25, -0.2) is 4.79 Å². The third-order valence-corrected chi connectivity index (χ3v) is 1.81. The van der Waals surface area contributed by atoms with Gasteiger partial charge in [-0.05, 0) is 19.1 Å². The molecule has 0 radical (unpaired) electrons. The molecule has 0 aliphatic carbocycles. The highest BCUT2D eigenvalue weighted by Crippen LogP contribution is 2.08. The van der Waals surface area contributed by atoms with Crippen LogP contribution in [-0.4, -0.2) is 16.2 Å².